The molecule has 0 spiro atoms. The van der Waals surface area contributed by atoms with Crippen LogP contribution in [0.15, 0.2) is 18.2 Å². The number of benzene rings is 1. The van der Waals surface area contributed by atoms with Crippen molar-refractivity contribution in [1.82, 2.24) is 0 Å². The molecule has 0 aliphatic carbocycles. The van der Waals surface area contributed by atoms with Gasteiger partial charge in [-0.2, -0.15) is 0 Å². The van der Waals surface area contributed by atoms with Crippen LogP contribution in [0.5, 0.6) is 0 Å². The zero-order valence-corrected chi connectivity index (χ0v) is 10.7. The maximum Gasteiger partial charge on any atom is 0.227 e. The van der Waals surface area contributed by atoms with Crippen LogP contribution in [0.2, 0.25) is 0 Å². The van der Waals surface area contributed by atoms with Crippen LogP contribution in [0.25, 0.3) is 0 Å². The highest BCUT2D eigenvalue weighted by molar-refractivity contribution is 6.18. The number of hydrogen-bond acceptors (Lipinski definition) is 2. The Morgan fingerprint density at radius 1 is 1.56 bits per heavy atom. The fourth-order valence-electron chi connectivity index (χ4n) is 2.06. The van der Waals surface area contributed by atoms with Crippen LogP contribution in [-0.4, -0.2) is 24.1 Å². The van der Waals surface area contributed by atoms with E-state index in [0.29, 0.717) is 24.4 Å². The zero-order chi connectivity index (χ0) is 13.3. The van der Waals surface area contributed by atoms with Crippen LogP contribution in [0.3, 0.4) is 0 Å². The van der Waals surface area contributed by atoms with E-state index >= 15 is 0 Å². The summed E-state index contributed by atoms with van der Waals surface area (Å²) in [5.74, 6) is -0.436. The highest BCUT2D eigenvalue weighted by Crippen LogP contribution is 2.28. The molecule has 96 valence electrons. The molecule has 1 heterocycles. The molecule has 1 aliphatic heterocycles. The Bertz CT molecular complexity index is 504. The number of hydrogen-bond donors (Lipinski definition) is 0. The smallest absolute Gasteiger partial charge is 0.227 e. The Morgan fingerprint density at radius 3 is 2.78 bits per heavy atom. The van der Waals surface area contributed by atoms with Crippen molar-refractivity contribution in [1.29, 1.82) is 0 Å². The summed E-state index contributed by atoms with van der Waals surface area (Å²) in [7, 11) is 0. The predicted octanol–water partition coefficient (Wildman–Crippen LogP) is 2.62. The Morgan fingerprint density at radius 2 is 2.28 bits per heavy atom. The number of rotatable bonds is 3. The minimum Gasteiger partial charge on any atom is -0.309 e. The summed E-state index contributed by atoms with van der Waals surface area (Å²) < 4.78 is 13.9. The molecule has 0 saturated carbocycles. The highest BCUT2D eigenvalue weighted by atomic mass is 35.5. The lowest BCUT2D eigenvalue weighted by Gasteiger charge is -2.17. The normalized spacial score (nSPS) is 19.4. The van der Waals surface area contributed by atoms with Gasteiger partial charge in [-0.05, 0) is 31.0 Å². The number of nitrogens with zero attached hydrogens (tertiary/aromatic N) is 1. The van der Waals surface area contributed by atoms with Crippen molar-refractivity contribution in [3.8, 4) is 0 Å². The summed E-state index contributed by atoms with van der Waals surface area (Å²) in [6.45, 7) is 1.80. The van der Waals surface area contributed by atoms with Gasteiger partial charge in [0.1, 0.15) is 5.82 Å². The van der Waals surface area contributed by atoms with E-state index in [9.17, 15) is 14.0 Å². The quantitative estimate of drug-likeness (QED) is 0.625. The van der Waals surface area contributed by atoms with Crippen molar-refractivity contribution in [2.24, 2.45) is 5.92 Å². The summed E-state index contributed by atoms with van der Waals surface area (Å²) >= 11 is 5.72. The van der Waals surface area contributed by atoms with E-state index in [0.717, 1.165) is 0 Å². The van der Waals surface area contributed by atoms with Crippen molar-refractivity contribution < 1.29 is 14.0 Å². The van der Waals surface area contributed by atoms with E-state index in [1.807, 2.05) is 0 Å². The lowest BCUT2D eigenvalue weighted by atomic mass is 10.1. The van der Waals surface area contributed by atoms with Crippen LogP contribution in [0, 0.1) is 11.7 Å². The second kappa shape index (κ2) is 5.06. The summed E-state index contributed by atoms with van der Waals surface area (Å²) in [5, 5.41) is 0. The summed E-state index contributed by atoms with van der Waals surface area (Å²) in [6.07, 6.45) is 0.345. The predicted molar refractivity (Wildman–Crippen MR) is 67.6 cm³/mol. The van der Waals surface area contributed by atoms with Gasteiger partial charge in [0.15, 0.2) is 5.78 Å². The summed E-state index contributed by atoms with van der Waals surface area (Å²) in [6, 6.07) is 4.17. The van der Waals surface area contributed by atoms with Gasteiger partial charge in [0, 0.05) is 24.4 Å². The molecule has 1 aromatic carbocycles. The monoisotopic (exact) mass is 269 g/mol. The Hall–Kier alpha value is -1.42. The third kappa shape index (κ3) is 2.38. The lowest BCUT2D eigenvalue weighted by molar-refractivity contribution is -0.117. The minimum absolute atomic E-state index is 0.0612. The molecule has 1 aliphatic rings. The van der Waals surface area contributed by atoms with Gasteiger partial charge in [0.25, 0.3) is 0 Å². The molecule has 0 N–H and O–H groups in total. The maximum absolute atomic E-state index is 13.9. The van der Waals surface area contributed by atoms with Crippen LogP contribution in [0.1, 0.15) is 23.7 Å². The molecule has 1 aromatic rings. The van der Waals surface area contributed by atoms with Crippen molar-refractivity contribution in [2.75, 3.05) is 17.3 Å². The number of amides is 1. The summed E-state index contributed by atoms with van der Waals surface area (Å²) in [5.41, 5.74) is 0.523. The molecule has 2 rings (SSSR count). The minimum atomic E-state index is -0.550. The third-order valence-corrected chi connectivity index (χ3v) is 3.50. The molecule has 18 heavy (non-hydrogen) atoms. The van der Waals surface area contributed by atoms with Crippen molar-refractivity contribution in [3.63, 3.8) is 0 Å². The second-order valence-corrected chi connectivity index (χ2v) is 4.76. The van der Waals surface area contributed by atoms with Crippen LogP contribution in [0.4, 0.5) is 10.1 Å². The largest absolute Gasteiger partial charge is 0.309 e. The average molecular weight is 270 g/mol. The molecule has 1 unspecified atom stereocenters. The van der Waals surface area contributed by atoms with Crippen LogP contribution >= 0.6 is 11.6 Å². The molecule has 0 bridgehead atoms. The van der Waals surface area contributed by atoms with Gasteiger partial charge >= 0.3 is 0 Å². The van der Waals surface area contributed by atoms with Gasteiger partial charge in [-0.25, -0.2) is 4.39 Å². The van der Waals surface area contributed by atoms with Crippen molar-refractivity contribution >= 4 is 29.0 Å². The molecule has 3 nitrogen and oxygen atoms in total. The fraction of sp³-hybridized carbons (Fsp3) is 0.385. The Balaban J connectivity index is 2.29. The van der Waals surface area contributed by atoms with Crippen LogP contribution in [-0.2, 0) is 4.79 Å². The van der Waals surface area contributed by atoms with Crippen molar-refractivity contribution in [3.05, 3.63) is 29.6 Å². The number of carbonyl (C=O) groups excluding carboxylic acids is 2. The molecular weight excluding hydrogens is 257 g/mol. The zero-order valence-electron chi connectivity index (χ0n) is 9.95. The Kier molecular flexibility index (Phi) is 3.66. The number of alkyl halides is 1. The third-order valence-electron chi connectivity index (χ3n) is 3.07. The standard InChI is InChI=1S/C13H13ClFNO2/c1-8(17)10-2-3-12(11(15)5-10)16-7-9(6-14)4-13(16)18/h2-3,5,9H,4,6-7H2,1H3. The molecule has 5 heteroatoms. The first-order valence-corrected chi connectivity index (χ1v) is 6.23. The van der Waals surface area contributed by atoms with Gasteiger partial charge < -0.3 is 4.90 Å². The number of Topliss-reactive ketones (excluding diaryl/α,β-unsaturated/α-hetero) is 1. The maximum atomic E-state index is 13.9. The summed E-state index contributed by atoms with van der Waals surface area (Å²) in [4.78, 5) is 24.3. The SMILES string of the molecule is CC(=O)c1ccc(N2CC(CCl)CC2=O)c(F)c1. The molecular formula is C13H13ClFNO2. The number of carbonyl (C=O) groups is 2. The molecule has 0 aromatic heterocycles. The van der Waals surface area contributed by atoms with Crippen LogP contribution < -0.4 is 4.90 Å². The molecule has 1 fully saturated rings. The molecule has 1 saturated heterocycles. The lowest BCUT2D eigenvalue weighted by Crippen LogP contribution is -2.25. The second-order valence-electron chi connectivity index (χ2n) is 4.45. The number of anilines is 1. The number of halogens is 2. The van der Waals surface area contributed by atoms with E-state index in [4.69, 9.17) is 11.6 Å². The Labute approximate surface area is 110 Å². The molecule has 1 amide bonds. The van der Waals surface area contributed by atoms with Gasteiger partial charge in [-0.1, -0.05) is 0 Å². The first-order chi connectivity index (χ1) is 8.52. The van der Waals surface area contributed by atoms with Gasteiger partial charge in [0.05, 0.1) is 5.69 Å². The topological polar surface area (TPSA) is 37.4 Å². The molecule has 1 atom stereocenters. The highest BCUT2D eigenvalue weighted by Gasteiger charge is 2.31. The van der Waals surface area contributed by atoms with Crippen molar-refractivity contribution in [2.45, 2.75) is 13.3 Å². The number of ketones is 1. The first kappa shape index (κ1) is 13.0. The van der Waals surface area contributed by atoms with E-state index in [1.54, 1.807) is 0 Å². The van der Waals surface area contributed by atoms with Gasteiger partial charge in [0.2, 0.25) is 5.91 Å². The average Bonchev–Trinajstić information content (AvgIpc) is 2.70. The first-order valence-electron chi connectivity index (χ1n) is 5.69. The molecule has 0 radical (unpaired) electrons. The van der Waals surface area contributed by atoms with Gasteiger partial charge in [-0.3, -0.25) is 9.59 Å². The van der Waals surface area contributed by atoms with E-state index in [-0.39, 0.29) is 23.3 Å². The van der Waals surface area contributed by atoms with E-state index < -0.39 is 5.82 Å². The fourth-order valence-corrected chi connectivity index (χ4v) is 2.27. The van der Waals surface area contributed by atoms with E-state index in [2.05, 4.69) is 0 Å². The van der Waals surface area contributed by atoms with E-state index in [1.165, 1.54) is 30.0 Å². The van der Waals surface area contributed by atoms with Gasteiger partial charge in [-0.15, -0.1) is 11.6 Å².